The fourth-order valence-corrected chi connectivity index (χ4v) is 1.83. The van der Waals surface area contributed by atoms with Crippen LogP contribution in [0.4, 0.5) is 0 Å². The molecule has 1 saturated heterocycles. The molecule has 0 aromatic heterocycles. The highest BCUT2D eigenvalue weighted by Crippen LogP contribution is 2.29. The molecule has 1 aliphatic rings. The molecule has 0 amide bonds. The number of ether oxygens (including phenoxy) is 2. The van der Waals surface area contributed by atoms with Crippen molar-refractivity contribution in [1.29, 1.82) is 0 Å². The lowest BCUT2D eigenvalue weighted by Crippen LogP contribution is -2.19. The molecule has 0 bridgehead atoms. The SMILES string of the molecule is COc1cc(OC2CCNC2)ccc1Cl. The smallest absolute Gasteiger partial charge is 0.141 e. The van der Waals surface area contributed by atoms with Gasteiger partial charge in [-0.15, -0.1) is 0 Å². The lowest BCUT2D eigenvalue weighted by atomic mass is 10.3. The van der Waals surface area contributed by atoms with Crippen molar-refractivity contribution in [3.05, 3.63) is 23.2 Å². The van der Waals surface area contributed by atoms with Crippen LogP contribution in [0.2, 0.25) is 5.02 Å². The fourth-order valence-electron chi connectivity index (χ4n) is 1.63. The fraction of sp³-hybridized carbons (Fsp3) is 0.455. The van der Waals surface area contributed by atoms with Crippen LogP contribution in [0.15, 0.2) is 18.2 Å². The lowest BCUT2D eigenvalue weighted by molar-refractivity contribution is 0.222. The molecule has 0 saturated carbocycles. The van der Waals surface area contributed by atoms with E-state index in [1.54, 1.807) is 13.2 Å². The van der Waals surface area contributed by atoms with Crippen LogP contribution in [0.1, 0.15) is 6.42 Å². The highest BCUT2D eigenvalue weighted by atomic mass is 35.5. The van der Waals surface area contributed by atoms with Crippen LogP contribution in [0.25, 0.3) is 0 Å². The zero-order chi connectivity index (χ0) is 10.7. The van der Waals surface area contributed by atoms with Gasteiger partial charge in [-0.2, -0.15) is 0 Å². The van der Waals surface area contributed by atoms with Crippen LogP contribution in [0.3, 0.4) is 0 Å². The maximum Gasteiger partial charge on any atom is 0.141 e. The summed E-state index contributed by atoms with van der Waals surface area (Å²) in [6, 6.07) is 5.47. The Bertz CT molecular complexity index is 337. The summed E-state index contributed by atoms with van der Waals surface area (Å²) in [6.07, 6.45) is 1.31. The third kappa shape index (κ3) is 2.55. The van der Waals surface area contributed by atoms with Crippen LogP contribution in [-0.4, -0.2) is 26.3 Å². The Balaban J connectivity index is 2.07. The summed E-state index contributed by atoms with van der Waals surface area (Å²) >= 11 is 5.92. The third-order valence-electron chi connectivity index (χ3n) is 2.44. The Morgan fingerprint density at radius 2 is 2.33 bits per heavy atom. The Labute approximate surface area is 94.3 Å². The maximum absolute atomic E-state index is 5.92. The maximum atomic E-state index is 5.92. The molecule has 15 heavy (non-hydrogen) atoms. The van der Waals surface area contributed by atoms with E-state index in [1.807, 2.05) is 12.1 Å². The minimum Gasteiger partial charge on any atom is -0.495 e. The second-order valence-corrected chi connectivity index (χ2v) is 3.94. The average Bonchev–Trinajstić information content (AvgIpc) is 2.73. The highest BCUT2D eigenvalue weighted by molar-refractivity contribution is 6.32. The van der Waals surface area contributed by atoms with Gasteiger partial charge >= 0.3 is 0 Å². The van der Waals surface area contributed by atoms with Gasteiger partial charge in [-0.3, -0.25) is 0 Å². The van der Waals surface area contributed by atoms with Crippen molar-refractivity contribution in [2.24, 2.45) is 0 Å². The first-order valence-electron chi connectivity index (χ1n) is 5.00. The van der Waals surface area contributed by atoms with Crippen LogP contribution in [0, 0.1) is 0 Å². The summed E-state index contributed by atoms with van der Waals surface area (Å²) in [5, 5.41) is 3.86. The van der Waals surface area contributed by atoms with Crippen LogP contribution in [0.5, 0.6) is 11.5 Å². The van der Waals surface area contributed by atoms with Gasteiger partial charge in [0.15, 0.2) is 0 Å². The van der Waals surface area contributed by atoms with Crippen LogP contribution in [-0.2, 0) is 0 Å². The molecule has 0 spiro atoms. The van der Waals surface area contributed by atoms with E-state index >= 15 is 0 Å². The minimum absolute atomic E-state index is 0.260. The molecule has 1 fully saturated rings. The first-order chi connectivity index (χ1) is 7.29. The molecule has 2 rings (SSSR count). The standard InChI is InChI=1S/C11H14ClNO2/c1-14-11-6-8(2-3-10(11)12)15-9-4-5-13-7-9/h2-3,6,9,13H,4-5,7H2,1H3. The third-order valence-corrected chi connectivity index (χ3v) is 2.75. The number of hydrogen-bond acceptors (Lipinski definition) is 3. The van der Waals surface area contributed by atoms with Gasteiger partial charge in [0.05, 0.1) is 12.1 Å². The summed E-state index contributed by atoms with van der Waals surface area (Å²) in [5.41, 5.74) is 0. The molecular weight excluding hydrogens is 214 g/mol. The van der Waals surface area contributed by atoms with E-state index in [9.17, 15) is 0 Å². The Kier molecular flexibility index (Phi) is 3.34. The van der Waals surface area contributed by atoms with Gasteiger partial charge in [-0.25, -0.2) is 0 Å². The molecule has 1 N–H and O–H groups in total. The van der Waals surface area contributed by atoms with E-state index in [0.717, 1.165) is 25.3 Å². The molecule has 4 heteroatoms. The van der Waals surface area contributed by atoms with Gasteiger partial charge in [0.1, 0.15) is 17.6 Å². The number of hydrogen-bond donors (Lipinski definition) is 1. The number of halogens is 1. The van der Waals surface area contributed by atoms with Crippen molar-refractivity contribution >= 4 is 11.6 Å². The molecule has 1 aromatic rings. The van der Waals surface area contributed by atoms with Crippen LogP contribution >= 0.6 is 11.6 Å². The summed E-state index contributed by atoms with van der Waals surface area (Å²) in [7, 11) is 1.60. The molecule has 0 radical (unpaired) electrons. The summed E-state index contributed by atoms with van der Waals surface area (Å²) < 4.78 is 10.9. The molecule has 1 aliphatic heterocycles. The van der Waals surface area contributed by atoms with Gasteiger partial charge in [-0.05, 0) is 25.1 Å². The number of benzene rings is 1. The molecule has 0 aliphatic carbocycles. The van der Waals surface area contributed by atoms with Gasteiger partial charge in [0.25, 0.3) is 0 Å². The Morgan fingerprint density at radius 1 is 1.47 bits per heavy atom. The molecular formula is C11H14ClNO2. The zero-order valence-corrected chi connectivity index (χ0v) is 9.38. The number of rotatable bonds is 3. The summed E-state index contributed by atoms with van der Waals surface area (Å²) in [4.78, 5) is 0. The second kappa shape index (κ2) is 4.73. The molecule has 3 nitrogen and oxygen atoms in total. The van der Waals surface area contributed by atoms with E-state index in [2.05, 4.69) is 5.32 Å². The monoisotopic (exact) mass is 227 g/mol. The first-order valence-corrected chi connectivity index (χ1v) is 5.38. The van der Waals surface area contributed by atoms with Crippen molar-refractivity contribution in [1.82, 2.24) is 5.32 Å². The van der Waals surface area contributed by atoms with E-state index < -0.39 is 0 Å². The largest absolute Gasteiger partial charge is 0.495 e. The topological polar surface area (TPSA) is 30.5 Å². The van der Waals surface area contributed by atoms with Crippen molar-refractivity contribution in [3.8, 4) is 11.5 Å². The average molecular weight is 228 g/mol. The van der Waals surface area contributed by atoms with Crippen molar-refractivity contribution in [2.45, 2.75) is 12.5 Å². The van der Waals surface area contributed by atoms with E-state index in [4.69, 9.17) is 21.1 Å². The molecule has 82 valence electrons. The first kappa shape index (κ1) is 10.6. The van der Waals surface area contributed by atoms with Crippen molar-refractivity contribution in [2.75, 3.05) is 20.2 Å². The van der Waals surface area contributed by atoms with Crippen LogP contribution < -0.4 is 14.8 Å². The Hall–Kier alpha value is -0.930. The molecule has 1 unspecified atom stereocenters. The van der Waals surface area contributed by atoms with E-state index in [1.165, 1.54) is 0 Å². The van der Waals surface area contributed by atoms with Gasteiger partial charge in [0.2, 0.25) is 0 Å². The van der Waals surface area contributed by atoms with Gasteiger partial charge < -0.3 is 14.8 Å². The highest BCUT2D eigenvalue weighted by Gasteiger charge is 2.16. The predicted molar refractivity (Wildman–Crippen MR) is 59.9 cm³/mol. The quantitative estimate of drug-likeness (QED) is 0.858. The lowest BCUT2D eigenvalue weighted by Gasteiger charge is -2.13. The normalized spacial score (nSPS) is 20.3. The molecule has 1 heterocycles. The summed E-state index contributed by atoms with van der Waals surface area (Å²) in [5.74, 6) is 1.46. The molecule has 1 atom stereocenters. The number of nitrogens with one attached hydrogen (secondary N) is 1. The van der Waals surface area contributed by atoms with E-state index in [-0.39, 0.29) is 6.10 Å². The second-order valence-electron chi connectivity index (χ2n) is 3.53. The predicted octanol–water partition coefficient (Wildman–Crippen LogP) is 2.09. The zero-order valence-electron chi connectivity index (χ0n) is 8.63. The summed E-state index contributed by atoms with van der Waals surface area (Å²) in [6.45, 7) is 1.93. The van der Waals surface area contributed by atoms with Crippen molar-refractivity contribution < 1.29 is 9.47 Å². The van der Waals surface area contributed by atoms with E-state index in [0.29, 0.717) is 10.8 Å². The number of methoxy groups -OCH3 is 1. The minimum atomic E-state index is 0.260. The van der Waals surface area contributed by atoms with Crippen molar-refractivity contribution in [3.63, 3.8) is 0 Å². The van der Waals surface area contributed by atoms with Gasteiger partial charge in [-0.1, -0.05) is 11.6 Å². The van der Waals surface area contributed by atoms with Gasteiger partial charge in [0, 0.05) is 12.6 Å². The Morgan fingerprint density at radius 3 is 3.00 bits per heavy atom. The molecule has 1 aromatic carbocycles.